The Morgan fingerprint density at radius 3 is 2.50 bits per heavy atom. The Hall–Kier alpha value is -1.93. The third kappa shape index (κ3) is 3.34. The molecular weight excluding hydrogens is 282 g/mol. The first-order chi connectivity index (χ1) is 9.38. The van der Waals surface area contributed by atoms with Crippen LogP contribution in [0, 0.1) is 6.92 Å². The van der Waals surface area contributed by atoms with Crippen molar-refractivity contribution in [3.63, 3.8) is 0 Å². The van der Waals surface area contributed by atoms with Crippen molar-refractivity contribution in [3.8, 4) is 5.69 Å². The van der Waals surface area contributed by atoms with Gasteiger partial charge in [-0.1, -0.05) is 18.2 Å². The van der Waals surface area contributed by atoms with Gasteiger partial charge >= 0.3 is 5.69 Å². The molecule has 0 aliphatic rings. The van der Waals surface area contributed by atoms with Gasteiger partial charge in [-0.2, -0.15) is 18.2 Å². The highest BCUT2D eigenvalue weighted by molar-refractivity contribution is 7.85. The van der Waals surface area contributed by atoms with Crippen LogP contribution in [0.25, 0.3) is 5.69 Å². The maximum atomic E-state index is 12.2. The molecule has 0 saturated heterocycles. The predicted octanol–water partition coefficient (Wildman–Crippen LogP) is 0.319. The Balaban J connectivity index is 2.24. The Morgan fingerprint density at radius 1 is 1.25 bits per heavy atom. The largest absolute Gasteiger partial charge is 0.350 e. The maximum Gasteiger partial charge on any atom is 0.350 e. The topological polar surface area (TPSA) is 83.2 Å². The van der Waals surface area contributed by atoms with E-state index in [2.05, 4.69) is 9.28 Å². The van der Waals surface area contributed by atoms with E-state index < -0.39 is 10.1 Å². The third-order valence-electron chi connectivity index (χ3n) is 2.66. The Labute approximate surface area is 116 Å². The van der Waals surface area contributed by atoms with Crippen LogP contribution in [0.2, 0.25) is 0 Å². The Kier molecular flexibility index (Phi) is 4.05. The van der Waals surface area contributed by atoms with Crippen LogP contribution < -0.4 is 5.69 Å². The fourth-order valence-corrected chi connectivity index (χ4v) is 2.15. The molecule has 2 rings (SSSR count). The van der Waals surface area contributed by atoms with Gasteiger partial charge in [0.25, 0.3) is 10.1 Å². The zero-order valence-corrected chi connectivity index (χ0v) is 12.0. The predicted molar refractivity (Wildman–Crippen MR) is 73.4 cm³/mol. The lowest BCUT2D eigenvalue weighted by Gasteiger charge is -2.02. The number of rotatable bonds is 5. The number of aryl methyl sites for hydroxylation is 1. The van der Waals surface area contributed by atoms with E-state index in [1.165, 1.54) is 9.25 Å². The Bertz CT molecular complexity index is 747. The molecule has 0 bridgehead atoms. The molecular formula is C12H15N3O4S. The van der Waals surface area contributed by atoms with Gasteiger partial charge < -0.3 is 0 Å². The van der Waals surface area contributed by atoms with E-state index in [0.29, 0.717) is 11.5 Å². The van der Waals surface area contributed by atoms with Crippen molar-refractivity contribution >= 4 is 10.1 Å². The molecule has 0 amide bonds. The van der Waals surface area contributed by atoms with Crippen LogP contribution in [0.4, 0.5) is 0 Å². The summed E-state index contributed by atoms with van der Waals surface area (Å²) in [5, 5.41) is 4.16. The van der Waals surface area contributed by atoms with Crippen LogP contribution >= 0.6 is 0 Å². The van der Waals surface area contributed by atoms with E-state index in [0.717, 1.165) is 6.26 Å². The van der Waals surface area contributed by atoms with E-state index in [9.17, 15) is 13.2 Å². The molecule has 0 aliphatic carbocycles. The second kappa shape index (κ2) is 5.59. The van der Waals surface area contributed by atoms with E-state index in [1.807, 2.05) is 18.2 Å². The lowest BCUT2D eigenvalue weighted by molar-refractivity contribution is 0.300. The lowest BCUT2D eigenvalue weighted by atomic mass is 10.3. The van der Waals surface area contributed by atoms with Crippen molar-refractivity contribution < 1.29 is 12.6 Å². The number of hydrogen-bond donors (Lipinski definition) is 0. The number of para-hydroxylation sites is 1. The van der Waals surface area contributed by atoms with Gasteiger partial charge in [-0.25, -0.2) is 4.79 Å². The standard InChI is InChI=1S/C12H15N3O4S/c1-10-13-15(11-6-4-3-5-7-11)12(16)14(10)8-9-19-20(2,17)18/h3-7H,8-9H2,1-2H3. The molecule has 1 heterocycles. The highest BCUT2D eigenvalue weighted by Crippen LogP contribution is 2.03. The van der Waals surface area contributed by atoms with Crippen LogP contribution in [-0.2, 0) is 20.8 Å². The van der Waals surface area contributed by atoms with Gasteiger partial charge in [-0.3, -0.25) is 8.75 Å². The number of nitrogens with zero attached hydrogens (tertiary/aromatic N) is 3. The minimum Gasteiger partial charge on any atom is -0.276 e. The minimum absolute atomic E-state index is 0.0972. The van der Waals surface area contributed by atoms with E-state index >= 15 is 0 Å². The molecule has 0 atom stereocenters. The molecule has 0 radical (unpaired) electrons. The molecule has 108 valence electrons. The zero-order valence-electron chi connectivity index (χ0n) is 11.2. The molecule has 7 nitrogen and oxygen atoms in total. The summed E-state index contributed by atoms with van der Waals surface area (Å²) >= 11 is 0. The molecule has 0 saturated carbocycles. The molecule has 0 spiro atoms. The van der Waals surface area contributed by atoms with Crippen molar-refractivity contribution in [1.82, 2.24) is 14.3 Å². The van der Waals surface area contributed by atoms with Crippen LogP contribution in [0.15, 0.2) is 35.1 Å². The summed E-state index contributed by atoms with van der Waals surface area (Å²) in [7, 11) is -3.51. The number of aromatic nitrogens is 3. The highest BCUT2D eigenvalue weighted by Gasteiger charge is 2.12. The lowest BCUT2D eigenvalue weighted by Crippen LogP contribution is -2.26. The molecule has 0 fully saturated rings. The average Bonchev–Trinajstić information content (AvgIpc) is 2.66. The Morgan fingerprint density at radius 2 is 1.90 bits per heavy atom. The summed E-state index contributed by atoms with van der Waals surface area (Å²) in [5.41, 5.74) is 0.328. The van der Waals surface area contributed by atoms with Crippen LogP contribution in [-0.4, -0.2) is 35.6 Å². The fourth-order valence-electron chi connectivity index (χ4n) is 1.77. The van der Waals surface area contributed by atoms with Crippen molar-refractivity contribution in [2.45, 2.75) is 13.5 Å². The molecule has 0 aliphatic heterocycles. The van der Waals surface area contributed by atoms with Gasteiger partial charge in [-0.15, -0.1) is 0 Å². The van der Waals surface area contributed by atoms with Crippen LogP contribution in [0.1, 0.15) is 5.82 Å². The van der Waals surface area contributed by atoms with Crippen molar-refractivity contribution in [3.05, 3.63) is 46.6 Å². The molecule has 0 N–H and O–H groups in total. The molecule has 8 heteroatoms. The van der Waals surface area contributed by atoms with Gasteiger partial charge in [0, 0.05) is 0 Å². The smallest absolute Gasteiger partial charge is 0.276 e. The van der Waals surface area contributed by atoms with Crippen molar-refractivity contribution in [1.29, 1.82) is 0 Å². The summed E-state index contributed by atoms with van der Waals surface area (Å²) in [5.74, 6) is 0.496. The molecule has 0 unspecified atom stereocenters. The molecule has 20 heavy (non-hydrogen) atoms. The fraction of sp³-hybridized carbons (Fsp3) is 0.333. The van der Waals surface area contributed by atoms with Gasteiger partial charge in [0.15, 0.2) is 0 Å². The molecule has 2 aromatic rings. The first-order valence-corrected chi connectivity index (χ1v) is 7.76. The van der Waals surface area contributed by atoms with Gasteiger partial charge in [0.1, 0.15) is 5.82 Å². The van der Waals surface area contributed by atoms with Crippen molar-refractivity contribution in [2.75, 3.05) is 12.9 Å². The monoisotopic (exact) mass is 297 g/mol. The van der Waals surface area contributed by atoms with Crippen LogP contribution in [0.3, 0.4) is 0 Å². The summed E-state index contributed by atoms with van der Waals surface area (Å²) in [6.07, 6.45) is 0.968. The summed E-state index contributed by atoms with van der Waals surface area (Å²) in [6, 6.07) is 9.00. The van der Waals surface area contributed by atoms with Gasteiger partial charge in [0.05, 0.1) is 25.1 Å². The first kappa shape index (κ1) is 14.5. The summed E-state index contributed by atoms with van der Waals surface area (Å²) in [4.78, 5) is 12.2. The zero-order chi connectivity index (χ0) is 14.8. The molecule has 1 aromatic carbocycles. The van der Waals surface area contributed by atoms with Crippen molar-refractivity contribution in [2.24, 2.45) is 0 Å². The van der Waals surface area contributed by atoms with Gasteiger partial charge in [-0.05, 0) is 19.1 Å². The molecule has 1 aromatic heterocycles. The number of hydrogen-bond acceptors (Lipinski definition) is 5. The number of benzene rings is 1. The highest BCUT2D eigenvalue weighted by atomic mass is 32.2. The summed E-state index contributed by atoms with van der Waals surface area (Å²) < 4.78 is 29.1. The van der Waals surface area contributed by atoms with Gasteiger partial charge in [0.2, 0.25) is 0 Å². The second-order valence-corrected chi connectivity index (χ2v) is 5.90. The minimum atomic E-state index is -3.51. The maximum absolute atomic E-state index is 12.2. The second-order valence-electron chi connectivity index (χ2n) is 4.25. The van der Waals surface area contributed by atoms with E-state index in [-0.39, 0.29) is 18.8 Å². The van der Waals surface area contributed by atoms with E-state index in [4.69, 9.17) is 0 Å². The summed E-state index contributed by atoms with van der Waals surface area (Å²) in [6.45, 7) is 1.71. The van der Waals surface area contributed by atoms with Crippen LogP contribution in [0.5, 0.6) is 0 Å². The normalized spacial score (nSPS) is 11.7. The van der Waals surface area contributed by atoms with E-state index in [1.54, 1.807) is 19.1 Å². The first-order valence-electron chi connectivity index (χ1n) is 5.95. The quantitative estimate of drug-likeness (QED) is 0.742. The average molecular weight is 297 g/mol. The third-order valence-corrected chi connectivity index (χ3v) is 3.26. The SMILES string of the molecule is Cc1nn(-c2ccccc2)c(=O)n1CCOS(C)(=O)=O.